The zero-order chi connectivity index (χ0) is 20.4. The molecule has 158 valence electrons. The number of pyridine rings is 1. The molecule has 2 saturated heterocycles. The number of anilines is 1. The minimum absolute atomic E-state index is 0.237. The molecule has 2 atom stereocenters. The normalized spacial score (nSPS) is 26.8. The lowest BCUT2D eigenvalue weighted by atomic mass is 9.74. The van der Waals surface area contributed by atoms with Crippen LogP contribution in [0.25, 0.3) is 0 Å². The minimum atomic E-state index is -0.363. The standard InChI is InChI=1S/C23H30N6O/c30-21(27-13-18-5-6-18)23-7-2-11-28(14-19-4-1-8-24-12-19)15-20(23)16-29(17-23)22-25-9-3-10-26-22/h1,3-4,8-10,12,18,20H,2,5-7,11,13-17H2,(H,27,30)/t20-,23+/m0/s1. The van der Waals surface area contributed by atoms with Gasteiger partial charge in [0.05, 0.1) is 5.41 Å². The van der Waals surface area contributed by atoms with Crippen LogP contribution in [0.2, 0.25) is 0 Å². The first kappa shape index (κ1) is 19.4. The Morgan fingerprint density at radius 2 is 2.03 bits per heavy atom. The first-order valence-corrected chi connectivity index (χ1v) is 11.1. The lowest BCUT2D eigenvalue weighted by Gasteiger charge is -2.32. The van der Waals surface area contributed by atoms with Crippen LogP contribution in [0, 0.1) is 17.3 Å². The molecule has 30 heavy (non-hydrogen) atoms. The van der Waals surface area contributed by atoms with E-state index in [-0.39, 0.29) is 17.2 Å². The van der Waals surface area contributed by atoms with Gasteiger partial charge in [0.2, 0.25) is 11.9 Å². The Hall–Kier alpha value is -2.54. The van der Waals surface area contributed by atoms with Gasteiger partial charge in [0.1, 0.15) is 0 Å². The van der Waals surface area contributed by atoms with E-state index in [1.807, 2.05) is 24.5 Å². The molecule has 5 rings (SSSR count). The summed E-state index contributed by atoms with van der Waals surface area (Å²) in [7, 11) is 0. The van der Waals surface area contributed by atoms with Crippen LogP contribution >= 0.6 is 0 Å². The number of carbonyl (C=O) groups is 1. The van der Waals surface area contributed by atoms with Crippen molar-refractivity contribution < 1.29 is 4.79 Å². The van der Waals surface area contributed by atoms with Gasteiger partial charge in [-0.3, -0.25) is 14.7 Å². The fraction of sp³-hybridized carbons (Fsp3) is 0.565. The van der Waals surface area contributed by atoms with Crippen LogP contribution in [0.15, 0.2) is 43.0 Å². The Morgan fingerprint density at radius 1 is 1.17 bits per heavy atom. The van der Waals surface area contributed by atoms with Crippen molar-refractivity contribution in [3.8, 4) is 0 Å². The molecule has 7 nitrogen and oxygen atoms in total. The number of carbonyl (C=O) groups excluding carboxylic acids is 1. The van der Waals surface area contributed by atoms with Crippen molar-refractivity contribution in [2.75, 3.05) is 37.6 Å². The van der Waals surface area contributed by atoms with Gasteiger partial charge in [0.25, 0.3) is 0 Å². The van der Waals surface area contributed by atoms with Crippen molar-refractivity contribution in [2.45, 2.75) is 32.2 Å². The molecule has 0 aromatic carbocycles. The quantitative estimate of drug-likeness (QED) is 0.792. The zero-order valence-electron chi connectivity index (χ0n) is 17.4. The van der Waals surface area contributed by atoms with Gasteiger partial charge in [-0.2, -0.15) is 0 Å². The van der Waals surface area contributed by atoms with Crippen molar-refractivity contribution in [1.82, 2.24) is 25.2 Å². The largest absolute Gasteiger partial charge is 0.355 e. The lowest BCUT2D eigenvalue weighted by molar-refractivity contribution is -0.132. The van der Waals surface area contributed by atoms with Gasteiger partial charge in [-0.05, 0) is 55.8 Å². The van der Waals surface area contributed by atoms with E-state index in [0.29, 0.717) is 12.5 Å². The summed E-state index contributed by atoms with van der Waals surface area (Å²) in [4.78, 5) is 31.4. The molecule has 0 radical (unpaired) electrons. The van der Waals surface area contributed by atoms with E-state index in [2.05, 4.69) is 36.1 Å². The summed E-state index contributed by atoms with van der Waals surface area (Å²) in [6.45, 7) is 5.17. The Kier molecular flexibility index (Phi) is 5.37. The third-order valence-electron chi connectivity index (χ3n) is 6.94. The molecule has 2 aromatic heterocycles. The van der Waals surface area contributed by atoms with E-state index < -0.39 is 0 Å². The summed E-state index contributed by atoms with van der Waals surface area (Å²) in [5.41, 5.74) is 0.863. The highest BCUT2D eigenvalue weighted by atomic mass is 16.2. The number of hydrogen-bond acceptors (Lipinski definition) is 6. The molecule has 7 heteroatoms. The number of fused-ring (bicyclic) bond motifs is 1. The molecule has 1 aliphatic carbocycles. The molecular weight excluding hydrogens is 376 g/mol. The van der Waals surface area contributed by atoms with Crippen molar-refractivity contribution >= 4 is 11.9 Å². The molecule has 0 unspecified atom stereocenters. The predicted octanol–water partition coefficient (Wildman–Crippen LogP) is 2.12. The fourth-order valence-electron chi connectivity index (χ4n) is 5.12. The molecule has 3 aliphatic rings. The Morgan fingerprint density at radius 3 is 2.80 bits per heavy atom. The van der Waals surface area contributed by atoms with Gasteiger partial charge in [0.15, 0.2) is 0 Å². The van der Waals surface area contributed by atoms with Crippen molar-refractivity contribution in [3.63, 3.8) is 0 Å². The maximum Gasteiger partial charge on any atom is 0.228 e. The SMILES string of the molecule is O=C(NCC1CC1)[C@@]12CCCN(Cc3cccnc3)C[C@H]1CN(c1ncccn1)C2. The molecule has 1 N–H and O–H groups in total. The maximum atomic E-state index is 13.5. The van der Waals surface area contributed by atoms with Crippen LogP contribution in [-0.4, -0.2) is 58.5 Å². The molecule has 2 aromatic rings. The van der Waals surface area contributed by atoms with Gasteiger partial charge < -0.3 is 10.2 Å². The van der Waals surface area contributed by atoms with E-state index in [0.717, 1.165) is 51.5 Å². The lowest BCUT2D eigenvalue weighted by Crippen LogP contribution is -2.48. The summed E-state index contributed by atoms with van der Waals surface area (Å²) in [6, 6.07) is 5.96. The molecule has 0 bridgehead atoms. The van der Waals surface area contributed by atoms with Crippen molar-refractivity contribution in [1.29, 1.82) is 0 Å². The number of likely N-dealkylation sites (tertiary alicyclic amines) is 1. The maximum absolute atomic E-state index is 13.5. The molecular formula is C23H30N6O. The second-order valence-electron chi connectivity index (χ2n) is 9.14. The molecule has 2 aliphatic heterocycles. The zero-order valence-corrected chi connectivity index (χ0v) is 17.4. The van der Waals surface area contributed by atoms with E-state index in [9.17, 15) is 4.79 Å². The third kappa shape index (κ3) is 4.03. The summed E-state index contributed by atoms with van der Waals surface area (Å²) in [6.07, 6.45) is 11.8. The van der Waals surface area contributed by atoms with Gasteiger partial charge in [-0.1, -0.05) is 6.07 Å². The Bertz CT molecular complexity index is 859. The van der Waals surface area contributed by atoms with E-state index in [1.54, 1.807) is 12.4 Å². The number of nitrogens with zero attached hydrogens (tertiary/aromatic N) is 5. The van der Waals surface area contributed by atoms with Gasteiger partial charge in [-0.15, -0.1) is 0 Å². The number of nitrogens with one attached hydrogen (secondary N) is 1. The highest BCUT2D eigenvalue weighted by Crippen LogP contribution is 2.44. The smallest absolute Gasteiger partial charge is 0.228 e. The summed E-state index contributed by atoms with van der Waals surface area (Å²) in [5, 5.41) is 3.31. The number of amides is 1. The monoisotopic (exact) mass is 406 g/mol. The van der Waals surface area contributed by atoms with Crippen LogP contribution in [0.1, 0.15) is 31.2 Å². The van der Waals surface area contributed by atoms with E-state index >= 15 is 0 Å². The minimum Gasteiger partial charge on any atom is -0.355 e. The van der Waals surface area contributed by atoms with Crippen molar-refractivity contribution in [2.24, 2.45) is 17.3 Å². The van der Waals surface area contributed by atoms with E-state index in [1.165, 1.54) is 18.4 Å². The third-order valence-corrected chi connectivity index (χ3v) is 6.94. The predicted molar refractivity (Wildman–Crippen MR) is 115 cm³/mol. The van der Waals surface area contributed by atoms with Crippen LogP contribution < -0.4 is 10.2 Å². The first-order chi connectivity index (χ1) is 14.7. The Balaban J connectivity index is 1.37. The number of rotatable bonds is 6. The fourth-order valence-corrected chi connectivity index (χ4v) is 5.12. The molecule has 1 saturated carbocycles. The highest BCUT2D eigenvalue weighted by Gasteiger charge is 2.53. The van der Waals surface area contributed by atoms with Crippen molar-refractivity contribution in [3.05, 3.63) is 48.5 Å². The molecule has 3 fully saturated rings. The average molecular weight is 407 g/mol. The van der Waals surface area contributed by atoms with Gasteiger partial charge >= 0.3 is 0 Å². The van der Waals surface area contributed by atoms with Crippen LogP contribution in [0.4, 0.5) is 5.95 Å². The van der Waals surface area contributed by atoms with Crippen LogP contribution in [0.5, 0.6) is 0 Å². The topological polar surface area (TPSA) is 74.2 Å². The number of hydrogen-bond donors (Lipinski definition) is 1. The highest BCUT2D eigenvalue weighted by molar-refractivity contribution is 5.84. The van der Waals surface area contributed by atoms with E-state index in [4.69, 9.17) is 0 Å². The Labute approximate surface area is 177 Å². The van der Waals surface area contributed by atoms with Crippen LogP contribution in [0.3, 0.4) is 0 Å². The second kappa shape index (κ2) is 8.30. The summed E-state index contributed by atoms with van der Waals surface area (Å²) in [5.74, 6) is 1.92. The van der Waals surface area contributed by atoms with Crippen LogP contribution in [-0.2, 0) is 11.3 Å². The summed E-state index contributed by atoms with van der Waals surface area (Å²) < 4.78 is 0. The first-order valence-electron chi connectivity index (χ1n) is 11.1. The molecule has 0 spiro atoms. The molecule has 1 amide bonds. The van der Waals surface area contributed by atoms with Gasteiger partial charge in [-0.25, -0.2) is 9.97 Å². The summed E-state index contributed by atoms with van der Waals surface area (Å²) >= 11 is 0. The second-order valence-corrected chi connectivity index (χ2v) is 9.14. The molecule has 4 heterocycles. The average Bonchev–Trinajstić information content (AvgIpc) is 3.57. The van der Waals surface area contributed by atoms with Gasteiger partial charge in [0, 0.05) is 63.4 Å². The number of aromatic nitrogens is 3.